The Bertz CT molecular complexity index is 1400. The van der Waals surface area contributed by atoms with Crippen LogP contribution in [0, 0.1) is 6.92 Å². The molecule has 0 spiro atoms. The Morgan fingerprint density at radius 3 is 2.60 bits per heavy atom. The normalized spacial score (nSPS) is 14.7. The van der Waals surface area contributed by atoms with Crippen molar-refractivity contribution < 1.29 is 9.52 Å². The second-order valence-corrected chi connectivity index (χ2v) is 8.90. The first kappa shape index (κ1) is 19.0. The van der Waals surface area contributed by atoms with Crippen LogP contribution < -0.4 is 11.2 Å². The molecule has 1 aliphatic rings. The van der Waals surface area contributed by atoms with Gasteiger partial charge in [-0.25, -0.2) is 4.79 Å². The molecule has 1 saturated carbocycles. The summed E-state index contributed by atoms with van der Waals surface area (Å²) in [5.41, 5.74) is 0.987. The summed E-state index contributed by atoms with van der Waals surface area (Å²) in [5, 5.41) is 11.8. The highest BCUT2D eigenvalue weighted by Gasteiger charge is 2.26. The number of hydrogen-bond acceptors (Lipinski definition) is 5. The molecule has 0 unspecified atom stereocenters. The van der Waals surface area contributed by atoms with Crippen molar-refractivity contribution in [2.24, 2.45) is 0 Å². The van der Waals surface area contributed by atoms with Crippen molar-refractivity contribution in [3.63, 3.8) is 0 Å². The molecule has 0 aliphatic heterocycles. The fraction of sp³-hybridized carbons (Fsp3) is 0.250. The molecule has 5 rings (SSSR count). The summed E-state index contributed by atoms with van der Waals surface area (Å²) >= 11 is 1.12. The Balaban J connectivity index is 1.82. The molecule has 2 heterocycles. The second kappa shape index (κ2) is 7.36. The van der Waals surface area contributed by atoms with Gasteiger partial charge in [-0.3, -0.25) is 4.79 Å². The highest BCUT2D eigenvalue weighted by atomic mass is 32.2. The molecule has 2 aromatic heterocycles. The van der Waals surface area contributed by atoms with Crippen molar-refractivity contribution in [2.45, 2.75) is 48.4 Å². The molecule has 1 fully saturated rings. The number of aromatic nitrogens is 1. The lowest BCUT2D eigenvalue weighted by atomic mass is 10.1. The molecule has 0 amide bonds. The molecule has 6 heteroatoms. The molecular formula is C24H21NO4S. The molecule has 5 nitrogen and oxygen atoms in total. The van der Waals surface area contributed by atoms with Gasteiger partial charge in [0, 0.05) is 16.3 Å². The van der Waals surface area contributed by atoms with E-state index in [1.54, 1.807) is 4.57 Å². The molecule has 0 bridgehead atoms. The number of aromatic hydroxyl groups is 1. The first-order valence-corrected chi connectivity index (χ1v) is 10.9. The smallest absolute Gasteiger partial charge is 0.354 e. The van der Waals surface area contributed by atoms with E-state index >= 15 is 0 Å². The van der Waals surface area contributed by atoms with Gasteiger partial charge in [-0.2, -0.15) is 0 Å². The molecule has 30 heavy (non-hydrogen) atoms. The lowest BCUT2D eigenvalue weighted by Crippen LogP contribution is -2.25. The van der Waals surface area contributed by atoms with E-state index in [1.165, 1.54) is 0 Å². The van der Waals surface area contributed by atoms with Crippen LogP contribution in [0.4, 0.5) is 0 Å². The zero-order valence-corrected chi connectivity index (χ0v) is 17.4. The third-order valence-electron chi connectivity index (χ3n) is 5.80. The van der Waals surface area contributed by atoms with E-state index < -0.39 is 5.63 Å². The van der Waals surface area contributed by atoms with Gasteiger partial charge in [0.15, 0.2) is 11.3 Å². The van der Waals surface area contributed by atoms with Crippen LogP contribution in [0.5, 0.6) is 5.75 Å². The maximum Gasteiger partial charge on any atom is 0.354 e. The predicted octanol–water partition coefficient (Wildman–Crippen LogP) is 5.39. The van der Waals surface area contributed by atoms with Gasteiger partial charge in [-0.15, -0.1) is 0 Å². The monoisotopic (exact) mass is 419 g/mol. The Hall–Kier alpha value is -2.99. The third kappa shape index (κ3) is 3.03. The molecule has 152 valence electrons. The first-order valence-electron chi connectivity index (χ1n) is 10.1. The SMILES string of the molecule is Cc1cccc(Sc2c(O)c3c(=O)n(C4CCCC4)c4ccccc4c3oc2=O)c1. The second-order valence-electron chi connectivity index (χ2n) is 7.82. The number of benzene rings is 2. The summed E-state index contributed by atoms with van der Waals surface area (Å²) in [6.07, 6.45) is 4.01. The third-order valence-corrected chi connectivity index (χ3v) is 6.85. The maximum atomic E-state index is 13.6. The number of hydrogen-bond donors (Lipinski definition) is 1. The quantitative estimate of drug-likeness (QED) is 0.451. The van der Waals surface area contributed by atoms with E-state index in [0.717, 1.165) is 53.4 Å². The van der Waals surface area contributed by atoms with Crippen molar-refractivity contribution in [2.75, 3.05) is 0 Å². The van der Waals surface area contributed by atoms with E-state index in [0.29, 0.717) is 5.39 Å². The molecule has 1 N–H and O–H groups in total. The zero-order valence-electron chi connectivity index (χ0n) is 16.6. The number of nitrogens with zero attached hydrogens (tertiary/aromatic N) is 1. The average Bonchev–Trinajstić information content (AvgIpc) is 3.25. The Morgan fingerprint density at radius 2 is 1.83 bits per heavy atom. The van der Waals surface area contributed by atoms with Crippen molar-refractivity contribution in [3.8, 4) is 5.75 Å². The molecule has 4 aromatic rings. The number of para-hydroxylation sites is 1. The Labute approximate surface area is 177 Å². The fourth-order valence-electron chi connectivity index (χ4n) is 4.41. The number of aryl methyl sites for hydroxylation is 1. The molecule has 0 saturated heterocycles. The maximum absolute atomic E-state index is 13.6. The summed E-state index contributed by atoms with van der Waals surface area (Å²) in [6.45, 7) is 1.96. The standard InChI is InChI=1S/C24H21NO4S/c1-14-7-6-10-16(13-14)30-22-20(26)19-21(29-24(22)28)17-11-4-5-12-18(17)25(23(19)27)15-8-2-3-9-15/h4-7,10-13,15,26H,2-3,8-9H2,1H3. The Kier molecular flexibility index (Phi) is 4.66. The molecule has 0 atom stereocenters. The van der Waals surface area contributed by atoms with Crippen molar-refractivity contribution >= 4 is 33.6 Å². The predicted molar refractivity (Wildman–Crippen MR) is 119 cm³/mol. The summed E-state index contributed by atoms with van der Waals surface area (Å²) in [6, 6.07) is 15.1. The van der Waals surface area contributed by atoms with Crippen molar-refractivity contribution in [1.82, 2.24) is 4.57 Å². The number of pyridine rings is 1. The first-order chi connectivity index (χ1) is 14.5. The van der Waals surface area contributed by atoms with Gasteiger partial charge in [-0.1, -0.05) is 54.4 Å². The van der Waals surface area contributed by atoms with Crippen molar-refractivity contribution in [1.29, 1.82) is 0 Å². The highest BCUT2D eigenvalue weighted by Crippen LogP contribution is 2.39. The minimum atomic E-state index is -0.644. The van der Waals surface area contributed by atoms with E-state index in [-0.39, 0.29) is 33.2 Å². The summed E-state index contributed by atoms with van der Waals surface area (Å²) < 4.78 is 7.42. The van der Waals surface area contributed by atoms with Gasteiger partial charge in [0.2, 0.25) is 0 Å². The van der Waals surface area contributed by atoms with Crippen LogP contribution in [0.15, 0.2) is 72.3 Å². The van der Waals surface area contributed by atoms with Crippen LogP contribution >= 0.6 is 11.8 Å². The minimum Gasteiger partial charge on any atom is -0.505 e. The minimum absolute atomic E-state index is 0.0402. The van der Waals surface area contributed by atoms with Gasteiger partial charge in [0.05, 0.1) is 5.52 Å². The number of rotatable bonds is 3. The molecular weight excluding hydrogens is 398 g/mol. The van der Waals surface area contributed by atoms with E-state index in [9.17, 15) is 14.7 Å². The largest absolute Gasteiger partial charge is 0.505 e. The molecule has 0 radical (unpaired) electrons. The summed E-state index contributed by atoms with van der Waals surface area (Å²) in [4.78, 5) is 27.2. The van der Waals surface area contributed by atoms with Gasteiger partial charge < -0.3 is 14.1 Å². The fourth-order valence-corrected chi connectivity index (χ4v) is 5.36. The summed E-state index contributed by atoms with van der Waals surface area (Å²) in [7, 11) is 0. The van der Waals surface area contributed by atoms with Crippen LogP contribution in [-0.4, -0.2) is 9.67 Å². The zero-order chi connectivity index (χ0) is 20.8. The topological polar surface area (TPSA) is 72.4 Å². The highest BCUT2D eigenvalue weighted by molar-refractivity contribution is 7.99. The van der Waals surface area contributed by atoms with E-state index in [4.69, 9.17) is 4.42 Å². The average molecular weight is 420 g/mol. The van der Waals surface area contributed by atoms with Gasteiger partial charge in [0.25, 0.3) is 5.56 Å². The Morgan fingerprint density at radius 1 is 1.07 bits per heavy atom. The van der Waals surface area contributed by atoms with E-state index in [1.807, 2.05) is 55.5 Å². The van der Waals surface area contributed by atoms with Crippen LogP contribution in [0.1, 0.15) is 37.3 Å². The van der Waals surface area contributed by atoms with Crippen LogP contribution in [0.3, 0.4) is 0 Å². The summed E-state index contributed by atoms with van der Waals surface area (Å²) in [5.74, 6) is -0.296. The molecule has 1 aliphatic carbocycles. The van der Waals surface area contributed by atoms with Gasteiger partial charge >= 0.3 is 5.63 Å². The van der Waals surface area contributed by atoms with E-state index in [2.05, 4.69) is 0 Å². The van der Waals surface area contributed by atoms with Crippen LogP contribution in [0.25, 0.3) is 21.9 Å². The van der Waals surface area contributed by atoms with Crippen LogP contribution in [-0.2, 0) is 0 Å². The molecule has 2 aromatic carbocycles. The van der Waals surface area contributed by atoms with Gasteiger partial charge in [0.1, 0.15) is 10.3 Å². The lowest BCUT2D eigenvalue weighted by molar-refractivity contribution is 0.445. The number of fused-ring (bicyclic) bond motifs is 3. The lowest BCUT2D eigenvalue weighted by Gasteiger charge is -2.18. The van der Waals surface area contributed by atoms with Gasteiger partial charge in [-0.05, 0) is 44.0 Å². The van der Waals surface area contributed by atoms with Crippen molar-refractivity contribution in [3.05, 3.63) is 74.9 Å². The van der Waals surface area contributed by atoms with Crippen LogP contribution in [0.2, 0.25) is 0 Å².